The highest BCUT2D eigenvalue weighted by Gasteiger charge is 2.47. The van der Waals surface area contributed by atoms with Crippen molar-refractivity contribution in [1.29, 1.82) is 0 Å². The van der Waals surface area contributed by atoms with Gasteiger partial charge in [-0.1, -0.05) is 42.0 Å². The lowest BCUT2D eigenvalue weighted by Gasteiger charge is -2.25. The Kier molecular flexibility index (Phi) is 5.10. The van der Waals surface area contributed by atoms with Crippen LogP contribution in [0.2, 0.25) is 0 Å². The fourth-order valence-electron chi connectivity index (χ4n) is 3.56. The van der Waals surface area contributed by atoms with Crippen LogP contribution in [-0.4, -0.2) is 16.8 Å². The van der Waals surface area contributed by atoms with Crippen LogP contribution in [0.15, 0.2) is 72.3 Å². The first-order valence-corrected chi connectivity index (χ1v) is 9.36. The number of aliphatic hydroxyl groups excluding tert-OH is 1. The molecule has 4 nitrogen and oxygen atoms in total. The first-order valence-electron chi connectivity index (χ1n) is 9.36. The van der Waals surface area contributed by atoms with Crippen LogP contribution in [0.1, 0.15) is 22.7 Å². The molecule has 1 amide bonds. The maximum atomic E-state index is 13.9. The number of amides is 1. The lowest BCUT2D eigenvalue weighted by Crippen LogP contribution is -2.29. The fourth-order valence-corrected chi connectivity index (χ4v) is 3.56. The molecule has 3 aromatic rings. The second-order valence-corrected chi connectivity index (χ2v) is 7.19. The summed E-state index contributed by atoms with van der Waals surface area (Å²) in [6, 6.07) is 13.3. The SMILES string of the molecule is Cc1ccc(/C(O)=C2\C(=O)C(=O)N(c3ccc(F)c(F)c3)C2c2ccc(F)cc2)cc1. The average molecular weight is 423 g/mol. The topological polar surface area (TPSA) is 57.6 Å². The number of hydrogen-bond donors (Lipinski definition) is 1. The number of carbonyl (C=O) groups is 2. The van der Waals surface area contributed by atoms with Crippen LogP contribution in [0.3, 0.4) is 0 Å². The Morgan fingerprint density at radius 2 is 1.52 bits per heavy atom. The molecule has 1 fully saturated rings. The molecule has 1 aliphatic heterocycles. The van der Waals surface area contributed by atoms with E-state index < -0.39 is 40.9 Å². The molecule has 0 aliphatic carbocycles. The monoisotopic (exact) mass is 423 g/mol. The number of halogens is 3. The fraction of sp³-hybridized carbons (Fsp3) is 0.0833. The van der Waals surface area contributed by atoms with Crippen LogP contribution >= 0.6 is 0 Å². The molecule has 31 heavy (non-hydrogen) atoms. The van der Waals surface area contributed by atoms with E-state index in [1.54, 1.807) is 24.3 Å². The minimum absolute atomic E-state index is 0.0710. The van der Waals surface area contributed by atoms with Gasteiger partial charge in [0.1, 0.15) is 11.6 Å². The highest BCUT2D eigenvalue weighted by atomic mass is 19.2. The van der Waals surface area contributed by atoms with E-state index >= 15 is 0 Å². The van der Waals surface area contributed by atoms with Crippen molar-refractivity contribution >= 4 is 23.1 Å². The van der Waals surface area contributed by atoms with Crippen molar-refractivity contribution in [1.82, 2.24) is 0 Å². The molecular weight excluding hydrogens is 407 g/mol. The molecule has 0 aromatic heterocycles. The maximum absolute atomic E-state index is 13.9. The molecule has 1 unspecified atom stereocenters. The van der Waals surface area contributed by atoms with E-state index in [0.717, 1.165) is 40.8 Å². The van der Waals surface area contributed by atoms with Gasteiger partial charge >= 0.3 is 0 Å². The van der Waals surface area contributed by atoms with Crippen molar-refractivity contribution in [3.8, 4) is 0 Å². The quantitative estimate of drug-likeness (QED) is 0.365. The Bertz CT molecular complexity index is 1220. The third-order valence-electron chi connectivity index (χ3n) is 5.14. The molecule has 1 aliphatic rings. The minimum Gasteiger partial charge on any atom is -0.507 e. The highest BCUT2D eigenvalue weighted by Crippen LogP contribution is 2.42. The van der Waals surface area contributed by atoms with Gasteiger partial charge in [-0.2, -0.15) is 0 Å². The zero-order chi connectivity index (χ0) is 22.3. The number of hydrogen-bond acceptors (Lipinski definition) is 3. The molecule has 1 heterocycles. The van der Waals surface area contributed by atoms with E-state index in [4.69, 9.17) is 0 Å². The normalized spacial score (nSPS) is 17.9. The van der Waals surface area contributed by atoms with Crippen LogP contribution in [0.25, 0.3) is 5.76 Å². The molecule has 156 valence electrons. The zero-order valence-electron chi connectivity index (χ0n) is 16.3. The average Bonchev–Trinajstić information content (AvgIpc) is 3.01. The van der Waals surface area contributed by atoms with Crippen LogP contribution in [-0.2, 0) is 9.59 Å². The molecular formula is C24H16F3NO3. The lowest BCUT2D eigenvalue weighted by molar-refractivity contribution is -0.132. The second kappa shape index (κ2) is 7.75. The van der Waals surface area contributed by atoms with Crippen LogP contribution < -0.4 is 4.90 Å². The van der Waals surface area contributed by atoms with Crippen LogP contribution in [0, 0.1) is 24.4 Å². The Balaban J connectivity index is 1.95. The van der Waals surface area contributed by atoms with Gasteiger partial charge in [0, 0.05) is 17.3 Å². The molecule has 0 saturated carbocycles. The number of carbonyl (C=O) groups excluding carboxylic acids is 2. The van der Waals surface area contributed by atoms with Gasteiger partial charge in [-0.3, -0.25) is 14.5 Å². The molecule has 1 atom stereocenters. The smallest absolute Gasteiger partial charge is 0.300 e. The van der Waals surface area contributed by atoms with Crippen molar-refractivity contribution in [2.45, 2.75) is 13.0 Å². The van der Waals surface area contributed by atoms with Gasteiger partial charge in [0.15, 0.2) is 11.6 Å². The Labute approximate surface area is 175 Å². The predicted molar refractivity (Wildman–Crippen MR) is 109 cm³/mol. The van der Waals surface area contributed by atoms with E-state index in [1.165, 1.54) is 12.1 Å². The third kappa shape index (κ3) is 3.59. The standard InChI is InChI=1S/C24H16F3NO3/c1-13-2-4-15(5-3-13)22(29)20-21(14-6-8-16(25)9-7-14)28(24(31)23(20)30)17-10-11-18(26)19(27)12-17/h2-12,21,29H,1H3/b22-20+. The van der Waals surface area contributed by atoms with Gasteiger partial charge in [0.2, 0.25) is 0 Å². The summed E-state index contributed by atoms with van der Waals surface area (Å²) in [7, 11) is 0. The van der Waals surface area contributed by atoms with Gasteiger partial charge in [-0.25, -0.2) is 13.2 Å². The summed E-state index contributed by atoms with van der Waals surface area (Å²) < 4.78 is 40.8. The van der Waals surface area contributed by atoms with Crippen molar-refractivity contribution in [2.75, 3.05) is 4.90 Å². The summed E-state index contributed by atoms with van der Waals surface area (Å²) in [6.07, 6.45) is 0. The molecule has 0 bridgehead atoms. The number of Topliss-reactive ketones (excluding diaryl/α,β-unsaturated/α-hetero) is 1. The van der Waals surface area contributed by atoms with E-state index in [9.17, 15) is 27.9 Å². The number of aryl methyl sites for hydroxylation is 1. The second-order valence-electron chi connectivity index (χ2n) is 7.19. The first-order chi connectivity index (χ1) is 14.8. The van der Waals surface area contributed by atoms with Gasteiger partial charge in [-0.05, 0) is 36.8 Å². The summed E-state index contributed by atoms with van der Waals surface area (Å²) in [6.45, 7) is 1.85. The van der Waals surface area contributed by atoms with Gasteiger partial charge in [0.25, 0.3) is 11.7 Å². The van der Waals surface area contributed by atoms with E-state index in [2.05, 4.69) is 0 Å². The number of anilines is 1. The predicted octanol–water partition coefficient (Wildman–Crippen LogP) is 5.04. The molecule has 3 aromatic carbocycles. The van der Waals surface area contributed by atoms with Gasteiger partial charge in [0.05, 0.1) is 11.6 Å². The third-order valence-corrected chi connectivity index (χ3v) is 5.14. The van der Waals surface area contributed by atoms with Crippen molar-refractivity contribution < 1.29 is 27.9 Å². The summed E-state index contributed by atoms with van der Waals surface area (Å²) in [5, 5.41) is 10.9. The summed E-state index contributed by atoms with van der Waals surface area (Å²) in [5.74, 6) is -5.27. The number of benzene rings is 3. The highest BCUT2D eigenvalue weighted by molar-refractivity contribution is 6.51. The summed E-state index contributed by atoms with van der Waals surface area (Å²) in [4.78, 5) is 26.8. The lowest BCUT2D eigenvalue weighted by atomic mass is 9.95. The molecule has 1 saturated heterocycles. The largest absolute Gasteiger partial charge is 0.507 e. The first kappa shape index (κ1) is 20.4. The number of aliphatic hydroxyl groups is 1. The van der Waals surface area contributed by atoms with Crippen molar-refractivity contribution in [3.63, 3.8) is 0 Å². The summed E-state index contributed by atoms with van der Waals surface area (Å²) >= 11 is 0. The molecule has 4 rings (SSSR count). The van der Waals surface area contributed by atoms with Gasteiger partial charge < -0.3 is 5.11 Å². The Morgan fingerprint density at radius 1 is 0.871 bits per heavy atom. The van der Waals surface area contributed by atoms with Crippen LogP contribution in [0.5, 0.6) is 0 Å². The summed E-state index contributed by atoms with van der Waals surface area (Å²) in [5.41, 5.74) is 1.25. The molecule has 0 spiro atoms. The minimum atomic E-state index is -1.20. The van der Waals surface area contributed by atoms with Crippen molar-refractivity contribution in [2.24, 2.45) is 0 Å². The number of ketones is 1. The molecule has 1 N–H and O–H groups in total. The maximum Gasteiger partial charge on any atom is 0.300 e. The molecule has 7 heteroatoms. The Morgan fingerprint density at radius 3 is 2.13 bits per heavy atom. The van der Waals surface area contributed by atoms with E-state index in [1.807, 2.05) is 6.92 Å². The van der Waals surface area contributed by atoms with E-state index in [0.29, 0.717) is 11.1 Å². The number of nitrogens with zero attached hydrogens (tertiary/aromatic N) is 1. The van der Waals surface area contributed by atoms with Crippen molar-refractivity contribution in [3.05, 3.63) is 106 Å². The molecule has 0 radical (unpaired) electrons. The number of rotatable bonds is 3. The van der Waals surface area contributed by atoms with E-state index in [-0.39, 0.29) is 11.3 Å². The van der Waals surface area contributed by atoms with Gasteiger partial charge in [-0.15, -0.1) is 0 Å². The zero-order valence-corrected chi connectivity index (χ0v) is 16.3. The van der Waals surface area contributed by atoms with Crippen LogP contribution in [0.4, 0.5) is 18.9 Å². The Hall–Kier alpha value is -3.87.